The molecule has 4 atom stereocenters. The molecule has 0 spiro atoms. The number of ether oxygens (including phenoxy) is 1. The second-order valence-corrected chi connectivity index (χ2v) is 7.02. The van der Waals surface area contributed by atoms with Crippen molar-refractivity contribution in [1.29, 1.82) is 0 Å². The van der Waals surface area contributed by atoms with E-state index in [1.165, 1.54) is 0 Å². The van der Waals surface area contributed by atoms with Gasteiger partial charge in [-0.3, -0.25) is 0 Å². The van der Waals surface area contributed by atoms with Crippen LogP contribution in [0.4, 0.5) is 4.79 Å². The SMILES string of the molecule is CC1CCC(C(NC(=O)OC(C)(C)C)C(=O)O)C(C)C1. The van der Waals surface area contributed by atoms with Crippen molar-refractivity contribution >= 4 is 12.1 Å². The number of carboxylic acid groups (broad SMARTS) is 1. The van der Waals surface area contributed by atoms with Crippen LogP contribution in [-0.2, 0) is 9.53 Å². The molecule has 5 heteroatoms. The number of carbonyl (C=O) groups is 2. The first kappa shape index (κ1) is 16.8. The lowest BCUT2D eigenvalue weighted by Gasteiger charge is -2.36. The molecule has 0 aromatic rings. The summed E-state index contributed by atoms with van der Waals surface area (Å²) in [6.45, 7) is 9.52. The van der Waals surface area contributed by atoms with Crippen molar-refractivity contribution in [1.82, 2.24) is 5.32 Å². The van der Waals surface area contributed by atoms with E-state index in [4.69, 9.17) is 4.74 Å². The van der Waals surface area contributed by atoms with Crippen molar-refractivity contribution in [3.63, 3.8) is 0 Å². The standard InChI is InChI=1S/C15H27NO4/c1-9-6-7-11(10(2)8-9)12(13(17)18)16-14(19)20-15(3,4)5/h9-12H,6-8H2,1-5H3,(H,16,19)(H,17,18). The first-order chi connectivity index (χ1) is 9.10. The maximum absolute atomic E-state index is 11.8. The molecule has 4 unspecified atom stereocenters. The third-order valence-electron chi connectivity index (χ3n) is 3.86. The highest BCUT2D eigenvalue weighted by atomic mass is 16.6. The summed E-state index contributed by atoms with van der Waals surface area (Å²) >= 11 is 0. The highest BCUT2D eigenvalue weighted by molar-refractivity contribution is 5.80. The second kappa shape index (κ2) is 6.46. The summed E-state index contributed by atoms with van der Waals surface area (Å²) in [5.41, 5.74) is -0.625. The van der Waals surface area contributed by atoms with Crippen LogP contribution in [0.25, 0.3) is 0 Å². The van der Waals surface area contributed by atoms with E-state index in [9.17, 15) is 14.7 Å². The summed E-state index contributed by atoms with van der Waals surface area (Å²) in [7, 11) is 0. The minimum absolute atomic E-state index is 0.0313. The summed E-state index contributed by atoms with van der Waals surface area (Å²) in [6.07, 6.45) is 2.18. The molecule has 0 radical (unpaired) electrons. The number of carboxylic acids is 1. The van der Waals surface area contributed by atoms with Gasteiger partial charge in [0.15, 0.2) is 0 Å². The molecule has 20 heavy (non-hydrogen) atoms. The lowest BCUT2D eigenvalue weighted by Crippen LogP contribution is -2.50. The number of hydrogen-bond donors (Lipinski definition) is 2. The van der Waals surface area contributed by atoms with Crippen LogP contribution in [0.1, 0.15) is 53.9 Å². The van der Waals surface area contributed by atoms with Gasteiger partial charge in [0.1, 0.15) is 11.6 Å². The average molecular weight is 285 g/mol. The van der Waals surface area contributed by atoms with Crippen LogP contribution < -0.4 is 5.32 Å². The lowest BCUT2D eigenvalue weighted by atomic mass is 9.72. The van der Waals surface area contributed by atoms with Gasteiger partial charge in [0.2, 0.25) is 0 Å². The van der Waals surface area contributed by atoms with E-state index in [-0.39, 0.29) is 11.8 Å². The van der Waals surface area contributed by atoms with E-state index in [0.29, 0.717) is 5.92 Å². The summed E-state index contributed by atoms with van der Waals surface area (Å²) < 4.78 is 5.15. The Morgan fingerprint density at radius 3 is 2.30 bits per heavy atom. The van der Waals surface area contributed by atoms with Crippen LogP contribution in [0, 0.1) is 17.8 Å². The van der Waals surface area contributed by atoms with Gasteiger partial charge in [-0.1, -0.05) is 20.3 Å². The summed E-state index contributed by atoms with van der Waals surface area (Å²) in [5.74, 6) is -0.106. The monoisotopic (exact) mass is 285 g/mol. The fourth-order valence-electron chi connectivity index (χ4n) is 2.97. The molecule has 0 aromatic carbocycles. The summed E-state index contributed by atoms with van der Waals surface area (Å²) in [5, 5.41) is 11.9. The zero-order valence-electron chi connectivity index (χ0n) is 13.1. The van der Waals surface area contributed by atoms with Crippen LogP contribution in [0.3, 0.4) is 0 Å². The van der Waals surface area contributed by atoms with Gasteiger partial charge < -0.3 is 15.2 Å². The molecule has 1 amide bonds. The molecule has 1 saturated carbocycles. The first-order valence-corrected chi connectivity index (χ1v) is 7.32. The smallest absolute Gasteiger partial charge is 0.408 e. The number of aliphatic carboxylic acids is 1. The van der Waals surface area contributed by atoms with Crippen molar-refractivity contribution in [3.8, 4) is 0 Å². The molecule has 0 aromatic heterocycles. The second-order valence-electron chi connectivity index (χ2n) is 7.02. The number of hydrogen-bond acceptors (Lipinski definition) is 3. The topological polar surface area (TPSA) is 75.6 Å². The molecule has 2 N–H and O–H groups in total. The largest absolute Gasteiger partial charge is 0.480 e. The zero-order chi connectivity index (χ0) is 15.5. The number of alkyl carbamates (subject to hydrolysis) is 1. The molecule has 0 bridgehead atoms. The lowest BCUT2D eigenvalue weighted by molar-refractivity contribution is -0.142. The highest BCUT2D eigenvalue weighted by Crippen LogP contribution is 2.35. The Balaban J connectivity index is 2.70. The van der Waals surface area contributed by atoms with Crippen LogP contribution in [0.2, 0.25) is 0 Å². The highest BCUT2D eigenvalue weighted by Gasteiger charge is 2.37. The molecule has 1 fully saturated rings. The van der Waals surface area contributed by atoms with Gasteiger partial charge in [-0.25, -0.2) is 9.59 Å². The van der Waals surface area contributed by atoms with Crippen molar-refractivity contribution in [2.75, 3.05) is 0 Å². The molecule has 0 saturated heterocycles. The molecule has 0 heterocycles. The normalized spacial score (nSPS) is 28.6. The number of carbonyl (C=O) groups excluding carboxylic acids is 1. The Bertz CT molecular complexity index is 361. The van der Waals surface area contributed by atoms with E-state index in [1.807, 2.05) is 0 Å². The molecule has 0 aliphatic heterocycles. The van der Waals surface area contributed by atoms with Crippen LogP contribution in [0.5, 0.6) is 0 Å². The summed E-state index contributed by atoms with van der Waals surface area (Å²) in [4.78, 5) is 23.2. The Morgan fingerprint density at radius 2 is 1.85 bits per heavy atom. The Morgan fingerprint density at radius 1 is 1.25 bits per heavy atom. The van der Waals surface area contributed by atoms with Gasteiger partial charge in [-0.05, 0) is 51.4 Å². The third kappa shape index (κ3) is 5.02. The zero-order valence-corrected chi connectivity index (χ0v) is 13.1. The molecule has 1 aliphatic rings. The van der Waals surface area contributed by atoms with E-state index in [2.05, 4.69) is 19.2 Å². The quantitative estimate of drug-likeness (QED) is 0.835. The third-order valence-corrected chi connectivity index (χ3v) is 3.86. The van der Waals surface area contributed by atoms with Gasteiger partial charge in [0, 0.05) is 0 Å². The van der Waals surface area contributed by atoms with E-state index in [1.54, 1.807) is 20.8 Å². The van der Waals surface area contributed by atoms with Crippen LogP contribution in [0.15, 0.2) is 0 Å². The Labute approximate surface area is 121 Å². The minimum Gasteiger partial charge on any atom is -0.480 e. The molecule has 1 aliphatic carbocycles. The van der Waals surface area contributed by atoms with Crippen LogP contribution >= 0.6 is 0 Å². The predicted octanol–water partition coefficient (Wildman–Crippen LogP) is 3.04. The molecular formula is C15H27NO4. The fourth-order valence-corrected chi connectivity index (χ4v) is 2.97. The van der Waals surface area contributed by atoms with Gasteiger partial charge in [-0.15, -0.1) is 0 Å². The van der Waals surface area contributed by atoms with Gasteiger partial charge in [0.25, 0.3) is 0 Å². The van der Waals surface area contributed by atoms with Crippen molar-refractivity contribution in [2.45, 2.75) is 65.5 Å². The Hall–Kier alpha value is -1.26. The van der Waals surface area contributed by atoms with Gasteiger partial charge in [0.05, 0.1) is 0 Å². The maximum Gasteiger partial charge on any atom is 0.408 e. The number of nitrogens with one attached hydrogen (secondary N) is 1. The van der Waals surface area contributed by atoms with E-state index < -0.39 is 23.7 Å². The molecular weight excluding hydrogens is 258 g/mol. The minimum atomic E-state index is -0.984. The van der Waals surface area contributed by atoms with Crippen molar-refractivity contribution < 1.29 is 19.4 Å². The number of amides is 1. The summed E-state index contributed by atoms with van der Waals surface area (Å²) in [6, 6.07) is -0.868. The van der Waals surface area contributed by atoms with E-state index in [0.717, 1.165) is 19.3 Å². The van der Waals surface area contributed by atoms with Crippen molar-refractivity contribution in [2.24, 2.45) is 17.8 Å². The first-order valence-electron chi connectivity index (χ1n) is 7.32. The van der Waals surface area contributed by atoms with Gasteiger partial charge >= 0.3 is 12.1 Å². The predicted molar refractivity (Wildman–Crippen MR) is 76.5 cm³/mol. The van der Waals surface area contributed by atoms with Crippen LogP contribution in [-0.4, -0.2) is 28.8 Å². The van der Waals surface area contributed by atoms with E-state index >= 15 is 0 Å². The average Bonchev–Trinajstić information content (AvgIpc) is 2.23. The van der Waals surface area contributed by atoms with Crippen molar-refractivity contribution in [3.05, 3.63) is 0 Å². The number of rotatable bonds is 3. The molecule has 116 valence electrons. The molecule has 1 rings (SSSR count). The maximum atomic E-state index is 11.8. The Kier molecular flexibility index (Phi) is 5.42. The fraction of sp³-hybridized carbons (Fsp3) is 0.867. The molecule has 5 nitrogen and oxygen atoms in total. The van der Waals surface area contributed by atoms with Gasteiger partial charge in [-0.2, -0.15) is 0 Å².